The lowest BCUT2D eigenvalue weighted by atomic mass is 10.0. The molecular weight excluding hydrogens is 574 g/mol. The van der Waals surface area contributed by atoms with E-state index in [4.69, 9.17) is 31.0 Å². The molecule has 0 unspecified atom stereocenters. The number of hydrogen-bond donors (Lipinski definition) is 1. The number of nitrogens with zero attached hydrogens (tertiary/aromatic N) is 5. The molecule has 0 saturated carbocycles. The van der Waals surface area contributed by atoms with Gasteiger partial charge in [-0.2, -0.15) is 13.9 Å². The smallest absolute Gasteiger partial charge is 0.244 e. The van der Waals surface area contributed by atoms with Crippen molar-refractivity contribution in [2.45, 2.75) is 23.8 Å². The molecule has 0 aliphatic carbocycles. The van der Waals surface area contributed by atoms with Crippen LogP contribution in [0, 0.1) is 0 Å². The Bertz CT molecular complexity index is 1530. The number of halogens is 3. The summed E-state index contributed by atoms with van der Waals surface area (Å²) in [5.41, 5.74) is 2.42. The van der Waals surface area contributed by atoms with Crippen molar-refractivity contribution in [3.8, 4) is 11.3 Å². The number of sulfonamides is 1. The van der Waals surface area contributed by atoms with E-state index in [-0.39, 0.29) is 16.1 Å². The van der Waals surface area contributed by atoms with Gasteiger partial charge in [0.2, 0.25) is 10.0 Å². The standard InChI is InChI=1S/C22H18BBrCl2N6O2S/c23-16-12-28-32-20(10-19(30-22(16)32)15-3-1-2-4-18(15)25)29-13-5-7-31(8-6-13)35(33,34)14-9-17(24)21(26)27-11-14/h1-4,9-13,29H,5-8H2. The molecular formula is C22H18BBrCl2N6O2S. The van der Waals surface area contributed by atoms with Gasteiger partial charge in [-0.3, -0.25) is 0 Å². The number of rotatable bonds is 5. The molecule has 1 saturated heterocycles. The van der Waals surface area contributed by atoms with Gasteiger partial charge in [-0.25, -0.2) is 18.4 Å². The Hall–Kier alpha value is -2.18. The molecule has 1 aromatic carbocycles. The third-order valence-corrected chi connectivity index (χ3v) is 9.19. The summed E-state index contributed by atoms with van der Waals surface area (Å²) in [6, 6.07) is 10.8. The van der Waals surface area contributed by atoms with Crippen LogP contribution >= 0.6 is 39.1 Å². The number of piperidine rings is 1. The fourth-order valence-electron chi connectivity index (χ4n) is 4.03. The van der Waals surface area contributed by atoms with E-state index in [0.717, 1.165) is 5.56 Å². The summed E-state index contributed by atoms with van der Waals surface area (Å²) in [6.45, 7) is 0.709. The molecule has 4 heterocycles. The van der Waals surface area contributed by atoms with E-state index in [9.17, 15) is 8.42 Å². The van der Waals surface area contributed by atoms with Crippen LogP contribution in [0.2, 0.25) is 10.2 Å². The van der Waals surface area contributed by atoms with Crippen molar-refractivity contribution < 1.29 is 8.42 Å². The van der Waals surface area contributed by atoms with Crippen LogP contribution in [0.4, 0.5) is 5.82 Å². The lowest BCUT2D eigenvalue weighted by molar-refractivity contribution is 0.329. The first-order valence-corrected chi connectivity index (χ1v) is 13.7. The van der Waals surface area contributed by atoms with Gasteiger partial charge in [0.25, 0.3) is 0 Å². The van der Waals surface area contributed by atoms with Crippen LogP contribution in [-0.4, -0.2) is 59.3 Å². The summed E-state index contributed by atoms with van der Waals surface area (Å²) in [5, 5.41) is 8.65. The molecule has 0 atom stereocenters. The maximum atomic E-state index is 13.1. The Labute approximate surface area is 222 Å². The predicted octanol–water partition coefficient (Wildman–Crippen LogP) is 3.92. The first kappa shape index (κ1) is 24.5. The van der Waals surface area contributed by atoms with Crippen molar-refractivity contribution in [1.82, 2.24) is 23.9 Å². The predicted molar refractivity (Wildman–Crippen MR) is 141 cm³/mol. The highest BCUT2D eigenvalue weighted by atomic mass is 79.9. The van der Waals surface area contributed by atoms with E-state index in [0.29, 0.717) is 58.0 Å². The molecule has 8 nitrogen and oxygen atoms in total. The zero-order valence-corrected chi connectivity index (χ0v) is 22.1. The Morgan fingerprint density at radius 3 is 2.57 bits per heavy atom. The maximum Gasteiger partial charge on any atom is 0.244 e. The molecule has 0 bridgehead atoms. The average molecular weight is 592 g/mol. The van der Waals surface area contributed by atoms with Crippen LogP contribution in [0.15, 0.2) is 58.2 Å². The highest BCUT2D eigenvalue weighted by molar-refractivity contribution is 9.10. The van der Waals surface area contributed by atoms with Gasteiger partial charge < -0.3 is 5.32 Å². The molecule has 0 spiro atoms. The van der Waals surface area contributed by atoms with Gasteiger partial charge in [0, 0.05) is 48.2 Å². The van der Waals surface area contributed by atoms with Crippen LogP contribution in [0.25, 0.3) is 16.9 Å². The zero-order chi connectivity index (χ0) is 24.7. The topological polar surface area (TPSA) is 92.5 Å². The van der Waals surface area contributed by atoms with Gasteiger partial charge in [0.15, 0.2) is 5.65 Å². The van der Waals surface area contributed by atoms with E-state index in [1.807, 2.05) is 24.3 Å². The average Bonchev–Trinajstić information content (AvgIpc) is 3.22. The van der Waals surface area contributed by atoms with Gasteiger partial charge >= 0.3 is 0 Å². The minimum Gasteiger partial charge on any atom is -0.367 e. The fourth-order valence-corrected chi connectivity index (χ4v) is 6.31. The first-order chi connectivity index (χ1) is 16.7. The highest BCUT2D eigenvalue weighted by Gasteiger charge is 2.30. The summed E-state index contributed by atoms with van der Waals surface area (Å²) in [6.07, 6.45) is 4.03. The van der Waals surface area contributed by atoms with E-state index in [1.165, 1.54) is 16.6 Å². The monoisotopic (exact) mass is 590 g/mol. The second-order valence-corrected chi connectivity index (χ2v) is 11.7. The van der Waals surface area contributed by atoms with Gasteiger partial charge in [-0.05, 0) is 46.4 Å². The third-order valence-electron chi connectivity index (χ3n) is 5.86. The van der Waals surface area contributed by atoms with Crippen LogP contribution in [-0.2, 0) is 10.0 Å². The number of pyridine rings is 1. The molecule has 13 heteroatoms. The number of fused-ring (bicyclic) bond motifs is 1. The Morgan fingerprint density at radius 2 is 1.86 bits per heavy atom. The SMILES string of the molecule is [B]c1cnn2c(NC3CCN(S(=O)(=O)c4cnc(Cl)c(Br)c4)CC3)cc(-c3ccccc3Cl)nc12. The van der Waals surface area contributed by atoms with E-state index < -0.39 is 10.0 Å². The number of aromatic nitrogens is 4. The molecule has 178 valence electrons. The van der Waals surface area contributed by atoms with Crippen molar-refractivity contribution >= 4 is 73.9 Å². The molecule has 35 heavy (non-hydrogen) atoms. The summed E-state index contributed by atoms with van der Waals surface area (Å²) < 4.78 is 29.7. The normalized spacial score (nSPS) is 15.5. The van der Waals surface area contributed by atoms with Crippen LogP contribution in [0.3, 0.4) is 0 Å². The Balaban J connectivity index is 1.37. The lowest BCUT2D eigenvalue weighted by Gasteiger charge is -2.32. The highest BCUT2D eigenvalue weighted by Crippen LogP contribution is 2.30. The van der Waals surface area contributed by atoms with Crippen molar-refractivity contribution in [3.63, 3.8) is 0 Å². The number of anilines is 1. The second kappa shape index (κ2) is 9.70. The first-order valence-electron chi connectivity index (χ1n) is 10.7. The summed E-state index contributed by atoms with van der Waals surface area (Å²) in [4.78, 5) is 8.71. The molecule has 0 amide bonds. The van der Waals surface area contributed by atoms with Gasteiger partial charge in [0.1, 0.15) is 23.7 Å². The van der Waals surface area contributed by atoms with Gasteiger partial charge in [0.05, 0.1) is 10.2 Å². The summed E-state index contributed by atoms with van der Waals surface area (Å²) in [7, 11) is 2.43. The molecule has 2 radical (unpaired) electrons. The molecule has 1 aliphatic heterocycles. The maximum absolute atomic E-state index is 13.1. The fraction of sp³-hybridized carbons (Fsp3) is 0.227. The van der Waals surface area contributed by atoms with Gasteiger partial charge in [-0.1, -0.05) is 41.4 Å². The van der Waals surface area contributed by atoms with E-state index >= 15 is 0 Å². The molecule has 4 aromatic rings. The molecule has 5 rings (SSSR count). The van der Waals surface area contributed by atoms with Crippen molar-refractivity contribution in [3.05, 3.63) is 63.4 Å². The Kier molecular flexibility index (Phi) is 6.80. The van der Waals surface area contributed by atoms with Crippen LogP contribution in [0.1, 0.15) is 12.8 Å². The minimum atomic E-state index is -3.68. The number of benzene rings is 1. The van der Waals surface area contributed by atoms with Crippen molar-refractivity contribution in [2.75, 3.05) is 18.4 Å². The molecule has 3 aromatic heterocycles. The quantitative estimate of drug-likeness (QED) is 0.279. The zero-order valence-electron chi connectivity index (χ0n) is 18.2. The van der Waals surface area contributed by atoms with Crippen LogP contribution in [0.5, 0.6) is 0 Å². The molecule has 1 aliphatic rings. The molecule has 1 fully saturated rings. The summed E-state index contributed by atoms with van der Waals surface area (Å²) in [5.74, 6) is 0.703. The van der Waals surface area contributed by atoms with Crippen molar-refractivity contribution in [1.29, 1.82) is 0 Å². The number of nitrogens with one attached hydrogen (secondary N) is 1. The Morgan fingerprint density at radius 1 is 1.11 bits per heavy atom. The lowest BCUT2D eigenvalue weighted by Crippen LogP contribution is -2.42. The van der Waals surface area contributed by atoms with E-state index in [2.05, 4.69) is 36.3 Å². The number of hydrogen-bond acceptors (Lipinski definition) is 6. The third kappa shape index (κ3) is 4.80. The van der Waals surface area contributed by atoms with Gasteiger partial charge in [-0.15, -0.1) is 0 Å². The minimum absolute atomic E-state index is 0.0200. The van der Waals surface area contributed by atoms with Crippen LogP contribution < -0.4 is 10.8 Å². The largest absolute Gasteiger partial charge is 0.367 e. The molecule has 1 N–H and O–H groups in total. The van der Waals surface area contributed by atoms with E-state index in [1.54, 1.807) is 16.8 Å². The second-order valence-electron chi connectivity index (χ2n) is 8.11. The van der Waals surface area contributed by atoms with Crippen molar-refractivity contribution in [2.24, 2.45) is 0 Å². The summed E-state index contributed by atoms with van der Waals surface area (Å²) >= 11 is 15.6.